The van der Waals surface area contributed by atoms with Crippen molar-refractivity contribution < 1.29 is 35.0 Å². The summed E-state index contributed by atoms with van der Waals surface area (Å²) in [6.07, 6.45) is 0. The molecule has 74 valence electrons. The molecule has 0 heterocycles. The van der Waals surface area contributed by atoms with E-state index in [1.807, 2.05) is 0 Å². The van der Waals surface area contributed by atoms with Gasteiger partial charge < -0.3 is 18.2 Å². The van der Waals surface area contributed by atoms with E-state index in [0.29, 0.717) is 0 Å². The fourth-order valence-corrected chi connectivity index (χ4v) is 0. The standard InChI is InChI=1S/2H2O4S.Pb.H4S/c2*1-5(2,3)4;;/h2*(H2,1,2,3,4);;1H4/q;;2*+2/p-4. The molecular weight excluding hydrogens is 431 g/mol. The molecule has 0 amide bonds. The maximum Gasteiger partial charge on any atom is 2.00 e. The van der Waals surface area contributed by atoms with Crippen molar-refractivity contribution in [1.82, 2.24) is 0 Å². The fraction of sp³-hybridized carbons (Fsp3) is 0. The molecular formula is H4O8PbS3. The van der Waals surface area contributed by atoms with Gasteiger partial charge in [-0.2, -0.15) is 0 Å². The van der Waals surface area contributed by atoms with Crippen LogP contribution in [0.15, 0.2) is 0 Å². The molecule has 0 aromatic heterocycles. The maximum atomic E-state index is 8.52. The second-order valence-electron chi connectivity index (χ2n) is 0.816. The van der Waals surface area contributed by atoms with E-state index in [0.717, 1.165) is 0 Å². The van der Waals surface area contributed by atoms with Crippen molar-refractivity contribution >= 4 is 61.6 Å². The third-order valence-electron chi connectivity index (χ3n) is 0. The van der Waals surface area contributed by atoms with E-state index >= 15 is 0 Å². The number of hydrogen-bond acceptors (Lipinski definition) is 8. The SMILES string of the molecule is O=S(=O)([O-])[O-].O=S(=O)([O-])[O-].[Pb+2].[SH4+2]. The number of hydrogen-bond donors (Lipinski definition) is 0. The van der Waals surface area contributed by atoms with Crippen LogP contribution in [0.25, 0.3) is 0 Å². The molecule has 12 heavy (non-hydrogen) atoms. The quantitative estimate of drug-likeness (QED) is 0.211. The van der Waals surface area contributed by atoms with Gasteiger partial charge in [-0.05, 0) is 0 Å². The van der Waals surface area contributed by atoms with Gasteiger partial charge in [0.05, 0.1) is 0 Å². The van der Waals surface area contributed by atoms with Crippen LogP contribution >= 0.6 is 0 Å². The normalized spacial score (nSPS) is 9.67. The summed E-state index contributed by atoms with van der Waals surface area (Å²) in [5, 5.41) is 0. The monoisotopic (exact) mass is 436 g/mol. The molecule has 0 aliphatic carbocycles. The Morgan fingerprint density at radius 1 is 0.667 bits per heavy atom. The molecule has 2 radical (unpaired) electrons. The van der Waals surface area contributed by atoms with E-state index in [9.17, 15) is 0 Å². The van der Waals surface area contributed by atoms with Gasteiger partial charge in [-0.3, -0.25) is 16.8 Å². The largest absolute Gasteiger partial charge is 2.00 e. The summed E-state index contributed by atoms with van der Waals surface area (Å²) in [6, 6.07) is 0. The second-order valence-corrected chi connectivity index (χ2v) is 2.45. The summed E-state index contributed by atoms with van der Waals surface area (Å²) in [6.45, 7) is 0. The molecule has 0 aromatic rings. The van der Waals surface area contributed by atoms with Gasteiger partial charge in [0.1, 0.15) is 0 Å². The Labute approximate surface area is 96.1 Å². The van der Waals surface area contributed by atoms with Gasteiger partial charge in [-0.15, -0.1) is 0 Å². The van der Waals surface area contributed by atoms with Gasteiger partial charge in [-0.1, -0.05) is 0 Å². The summed E-state index contributed by atoms with van der Waals surface area (Å²) in [5.74, 6) is 0. The second kappa shape index (κ2) is 8.60. The van der Waals surface area contributed by atoms with Crippen LogP contribution in [0.3, 0.4) is 0 Å². The first-order valence-electron chi connectivity index (χ1n) is 1.33. The molecule has 8 nitrogen and oxygen atoms in total. The fourth-order valence-electron chi connectivity index (χ4n) is 0. The minimum Gasteiger partial charge on any atom is -0.759 e. The predicted molar refractivity (Wildman–Crippen MR) is 39.6 cm³/mol. The van der Waals surface area contributed by atoms with Crippen molar-refractivity contribution in [3.63, 3.8) is 0 Å². The molecule has 0 aliphatic heterocycles. The van der Waals surface area contributed by atoms with E-state index in [1.165, 1.54) is 0 Å². The van der Waals surface area contributed by atoms with Gasteiger partial charge in [0.2, 0.25) is 0 Å². The van der Waals surface area contributed by atoms with Gasteiger partial charge in [-0.25, -0.2) is 13.5 Å². The summed E-state index contributed by atoms with van der Waals surface area (Å²) >= 11 is 0. The first-order valence-corrected chi connectivity index (χ1v) is 4.00. The number of rotatable bonds is 0. The summed E-state index contributed by atoms with van der Waals surface area (Å²) in [7, 11) is -10.3. The third kappa shape index (κ3) is 1080. The van der Waals surface area contributed by atoms with Crippen LogP contribution in [0, 0.1) is 0 Å². The third-order valence-corrected chi connectivity index (χ3v) is 0. The Morgan fingerprint density at radius 3 is 0.667 bits per heavy atom. The zero-order chi connectivity index (χ0) is 9.00. The molecule has 0 unspecified atom stereocenters. The van der Waals surface area contributed by atoms with Crippen LogP contribution in [-0.2, 0) is 34.3 Å². The van der Waals surface area contributed by atoms with Gasteiger partial charge in [0, 0.05) is 20.8 Å². The first-order chi connectivity index (χ1) is 4.00. The van der Waals surface area contributed by atoms with Crippen molar-refractivity contribution in [2.45, 2.75) is 0 Å². The molecule has 0 saturated carbocycles. The van der Waals surface area contributed by atoms with Crippen molar-refractivity contribution in [3.05, 3.63) is 0 Å². The summed E-state index contributed by atoms with van der Waals surface area (Å²) in [5.41, 5.74) is 0. The minimum atomic E-state index is -5.17. The average molecular weight is 435 g/mol. The Morgan fingerprint density at radius 2 is 0.667 bits per heavy atom. The molecule has 0 aliphatic rings. The van der Waals surface area contributed by atoms with Crippen molar-refractivity contribution in [2.75, 3.05) is 0 Å². The van der Waals surface area contributed by atoms with Gasteiger partial charge in [0.25, 0.3) is 0 Å². The van der Waals surface area contributed by atoms with Crippen LogP contribution < -0.4 is 0 Å². The average Bonchev–Trinajstić information content (AvgIpc) is 1.12. The van der Waals surface area contributed by atoms with Crippen LogP contribution in [0.2, 0.25) is 0 Å². The molecule has 12 heteroatoms. The summed E-state index contributed by atoms with van der Waals surface area (Å²) < 4.78 is 68.2. The molecule has 0 aromatic carbocycles. The minimum absolute atomic E-state index is 0. The molecule has 0 fully saturated rings. The predicted octanol–water partition coefficient (Wildman–Crippen LogP) is -4.13. The van der Waals surface area contributed by atoms with Crippen molar-refractivity contribution in [1.29, 1.82) is 0 Å². The van der Waals surface area contributed by atoms with Gasteiger partial charge in [0.15, 0.2) is 0 Å². The van der Waals surface area contributed by atoms with Crippen molar-refractivity contribution in [2.24, 2.45) is 0 Å². The van der Waals surface area contributed by atoms with E-state index in [-0.39, 0.29) is 40.8 Å². The Kier molecular flexibility index (Phi) is 16.6. The van der Waals surface area contributed by atoms with E-state index < -0.39 is 20.8 Å². The van der Waals surface area contributed by atoms with Crippen LogP contribution in [-0.4, -0.2) is 62.3 Å². The Bertz CT molecular complexity index is 211. The molecule has 0 bridgehead atoms. The summed E-state index contributed by atoms with van der Waals surface area (Å²) in [4.78, 5) is 0. The zero-order valence-electron chi connectivity index (χ0n) is 5.29. The molecule has 0 atom stereocenters. The molecule has 0 rings (SSSR count). The van der Waals surface area contributed by atoms with Gasteiger partial charge >= 0.3 is 27.3 Å². The maximum absolute atomic E-state index is 8.52. The Balaban J connectivity index is -0.0000000457. The van der Waals surface area contributed by atoms with E-state index in [1.54, 1.807) is 0 Å². The van der Waals surface area contributed by atoms with Crippen molar-refractivity contribution in [3.8, 4) is 0 Å². The first kappa shape index (κ1) is 23.1. The Hall–Kier alpha value is 1.01. The van der Waals surface area contributed by atoms with Crippen LogP contribution in [0.1, 0.15) is 0 Å². The zero-order valence-corrected chi connectivity index (χ0v) is 12.2. The molecule has 0 saturated heterocycles. The smallest absolute Gasteiger partial charge is 0.759 e. The van der Waals surface area contributed by atoms with E-state index in [2.05, 4.69) is 0 Å². The van der Waals surface area contributed by atoms with Crippen LogP contribution in [0.4, 0.5) is 0 Å². The molecule has 0 spiro atoms. The topological polar surface area (TPSA) is 161 Å². The van der Waals surface area contributed by atoms with Crippen LogP contribution in [0.5, 0.6) is 0 Å². The van der Waals surface area contributed by atoms with E-state index in [4.69, 9.17) is 35.0 Å². The molecule has 0 N–H and O–H groups in total.